The van der Waals surface area contributed by atoms with Crippen molar-refractivity contribution in [3.63, 3.8) is 0 Å². The molecule has 2 heteroatoms. The Balaban J connectivity index is 1.75. The summed E-state index contributed by atoms with van der Waals surface area (Å²) in [6.45, 7) is 0. The predicted molar refractivity (Wildman–Crippen MR) is 105 cm³/mol. The zero-order chi connectivity index (χ0) is 16.6. The molecule has 0 radical (unpaired) electrons. The molecule has 1 aliphatic rings. The smallest absolute Gasteiger partial charge is 0.132 e. The second-order valence-corrected chi connectivity index (χ2v) is 7.33. The second kappa shape index (κ2) is 5.98. The van der Waals surface area contributed by atoms with Crippen LogP contribution in [0.1, 0.15) is 16.4 Å². The number of hydrogen-bond acceptors (Lipinski definition) is 2. The first-order valence-corrected chi connectivity index (χ1v) is 9.28. The molecule has 0 aliphatic carbocycles. The molecule has 0 bridgehead atoms. The maximum atomic E-state index is 6.24. The van der Waals surface area contributed by atoms with Gasteiger partial charge >= 0.3 is 0 Å². The molecule has 1 heterocycles. The lowest BCUT2D eigenvalue weighted by Crippen LogP contribution is -2.08. The first kappa shape index (κ1) is 14.6. The van der Waals surface area contributed by atoms with Crippen molar-refractivity contribution in [2.45, 2.75) is 10.1 Å². The third kappa shape index (κ3) is 2.50. The highest BCUT2D eigenvalue weighted by Crippen LogP contribution is 2.53. The van der Waals surface area contributed by atoms with E-state index in [1.807, 2.05) is 17.8 Å². The van der Waals surface area contributed by atoms with E-state index in [-0.39, 0.29) is 5.25 Å². The van der Waals surface area contributed by atoms with E-state index in [4.69, 9.17) is 4.74 Å². The zero-order valence-electron chi connectivity index (χ0n) is 13.6. The van der Waals surface area contributed by atoms with Gasteiger partial charge in [0, 0.05) is 16.0 Å². The van der Waals surface area contributed by atoms with Gasteiger partial charge in [0.15, 0.2) is 0 Å². The van der Waals surface area contributed by atoms with Gasteiger partial charge in [-0.3, -0.25) is 0 Å². The summed E-state index contributed by atoms with van der Waals surface area (Å²) in [5.41, 5.74) is 2.51. The van der Waals surface area contributed by atoms with Gasteiger partial charge in [-0.15, -0.1) is 11.8 Å². The van der Waals surface area contributed by atoms with Crippen LogP contribution in [0.5, 0.6) is 11.5 Å². The van der Waals surface area contributed by atoms with Crippen LogP contribution in [0.2, 0.25) is 0 Å². The van der Waals surface area contributed by atoms with Crippen LogP contribution in [0.25, 0.3) is 10.8 Å². The highest BCUT2D eigenvalue weighted by atomic mass is 32.2. The average molecular weight is 340 g/mol. The van der Waals surface area contributed by atoms with E-state index in [2.05, 4.69) is 84.9 Å². The van der Waals surface area contributed by atoms with Crippen molar-refractivity contribution in [1.82, 2.24) is 0 Å². The van der Waals surface area contributed by atoms with Crippen LogP contribution in [0, 0.1) is 0 Å². The molecule has 0 saturated heterocycles. The number of ether oxygens (including phenoxy) is 1. The van der Waals surface area contributed by atoms with Gasteiger partial charge in [-0.05, 0) is 35.0 Å². The Hall–Kier alpha value is -2.71. The summed E-state index contributed by atoms with van der Waals surface area (Å²) in [6.07, 6.45) is 0. The number of fused-ring (bicyclic) bond motifs is 4. The van der Waals surface area contributed by atoms with Gasteiger partial charge in [0.1, 0.15) is 11.5 Å². The van der Waals surface area contributed by atoms with Crippen molar-refractivity contribution in [3.05, 3.63) is 102 Å². The number of rotatable bonds is 2. The number of thioether (sulfide) groups is 1. The molecule has 120 valence electrons. The minimum Gasteiger partial charge on any atom is -0.457 e. The van der Waals surface area contributed by atoms with E-state index >= 15 is 0 Å². The molecule has 0 amide bonds. The molecule has 1 nitrogen and oxygen atoms in total. The van der Waals surface area contributed by atoms with Gasteiger partial charge < -0.3 is 4.74 Å². The van der Waals surface area contributed by atoms with E-state index in [0.717, 1.165) is 11.5 Å². The third-order valence-electron chi connectivity index (χ3n) is 4.61. The Bertz CT molecular complexity index is 1060. The molecule has 5 rings (SSSR count). The van der Waals surface area contributed by atoms with E-state index in [1.165, 1.54) is 26.8 Å². The zero-order valence-corrected chi connectivity index (χ0v) is 14.4. The van der Waals surface area contributed by atoms with Crippen molar-refractivity contribution in [3.8, 4) is 11.5 Å². The predicted octanol–water partition coefficient (Wildman–Crippen LogP) is 6.83. The van der Waals surface area contributed by atoms with Crippen LogP contribution in [-0.4, -0.2) is 0 Å². The van der Waals surface area contributed by atoms with Crippen LogP contribution in [0.4, 0.5) is 0 Å². The Labute approximate surface area is 151 Å². The summed E-state index contributed by atoms with van der Waals surface area (Å²) in [5, 5.41) is 2.74. The van der Waals surface area contributed by atoms with E-state index in [1.54, 1.807) is 0 Å². The standard InChI is InChI=1S/C23H16OS/c1-2-9-17(10-3-1)25-23-19-12-6-7-13-20(19)24-21-15-14-16-8-4-5-11-18(16)22(21)23/h1-15,23H. The van der Waals surface area contributed by atoms with Crippen LogP contribution in [0.3, 0.4) is 0 Å². The Morgan fingerprint density at radius 3 is 2.32 bits per heavy atom. The number of benzene rings is 4. The van der Waals surface area contributed by atoms with Gasteiger partial charge in [0.2, 0.25) is 0 Å². The van der Waals surface area contributed by atoms with Gasteiger partial charge in [0.25, 0.3) is 0 Å². The van der Waals surface area contributed by atoms with Crippen LogP contribution < -0.4 is 4.74 Å². The largest absolute Gasteiger partial charge is 0.457 e. The molecular formula is C23H16OS. The van der Waals surface area contributed by atoms with E-state index in [0.29, 0.717) is 0 Å². The van der Waals surface area contributed by atoms with Gasteiger partial charge in [-0.25, -0.2) is 0 Å². The minimum atomic E-state index is 0.216. The van der Waals surface area contributed by atoms with Crippen LogP contribution in [0.15, 0.2) is 95.9 Å². The minimum absolute atomic E-state index is 0.216. The average Bonchev–Trinajstić information content (AvgIpc) is 2.68. The monoisotopic (exact) mass is 340 g/mol. The summed E-state index contributed by atoms with van der Waals surface area (Å²) >= 11 is 1.88. The summed E-state index contributed by atoms with van der Waals surface area (Å²) < 4.78 is 6.24. The summed E-state index contributed by atoms with van der Waals surface area (Å²) in [4.78, 5) is 1.27. The molecular weight excluding hydrogens is 324 g/mol. The second-order valence-electron chi connectivity index (χ2n) is 6.15. The Kier molecular flexibility index (Phi) is 3.50. The SMILES string of the molecule is c1ccc(SC2c3ccccc3Oc3ccc4ccccc4c32)cc1. The van der Waals surface area contributed by atoms with Crippen molar-refractivity contribution < 1.29 is 4.74 Å². The molecule has 0 fully saturated rings. The lowest BCUT2D eigenvalue weighted by molar-refractivity contribution is 0.460. The lowest BCUT2D eigenvalue weighted by Gasteiger charge is -2.29. The van der Waals surface area contributed by atoms with Crippen molar-refractivity contribution >= 4 is 22.5 Å². The van der Waals surface area contributed by atoms with Gasteiger partial charge in [-0.1, -0.05) is 66.7 Å². The fraction of sp³-hybridized carbons (Fsp3) is 0.0435. The quantitative estimate of drug-likeness (QED) is 0.395. The molecule has 4 aromatic rings. The summed E-state index contributed by atoms with van der Waals surface area (Å²) in [6, 6.07) is 31.8. The van der Waals surface area contributed by atoms with E-state index in [9.17, 15) is 0 Å². The maximum absolute atomic E-state index is 6.24. The number of para-hydroxylation sites is 1. The first-order valence-electron chi connectivity index (χ1n) is 8.40. The normalized spacial score (nSPS) is 15.3. The summed E-state index contributed by atoms with van der Waals surface area (Å²) in [7, 11) is 0. The van der Waals surface area contributed by atoms with Crippen molar-refractivity contribution in [1.29, 1.82) is 0 Å². The molecule has 0 aromatic heterocycles. The maximum Gasteiger partial charge on any atom is 0.132 e. The third-order valence-corrected chi connectivity index (χ3v) is 5.88. The lowest BCUT2D eigenvalue weighted by atomic mass is 9.94. The highest BCUT2D eigenvalue weighted by Gasteiger charge is 2.29. The molecule has 0 saturated carbocycles. The van der Waals surface area contributed by atoms with E-state index < -0.39 is 0 Å². The van der Waals surface area contributed by atoms with Crippen LogP contribution >= 0.6 is 11.8 Å². The molecule has 25 heavy (non-hydrogen) atoms. The molecule has 1 atom stereocenters. The number of hydrogen-bond donors (Lipinski definition) is 0. The summed E-state index contributed by atoms with van der Waals surface area (Å²) in [5.74, 6) is 1.92. The fourth-order valence-corrected chi connectivity index (χ4v) is 4.73. The van der Waals surface area contributed by atoms with Crippen molar-refractivity contribution in [2.75, 3.05) is 0 Å². The highest BCUT2D eigenvalue weighted by molar-refractivity contribution is 7.99. The van der Waals surface area contributed by atoms with Gasteiger partial charge in [0.05, 0.1) is 5.25 Å². The molecule has 1 unspecified atom stereocenters. The first-order chi connectivity index (χ1) is 12.4. The Morgan fingerprint density at radius 1 is 0.640 bits per heavy atom. The topological polar surface area (TPSA) is 9.23 Å². The Morgan fingerprint density at radius 2 is 1.40 bits per heavy atom. The fourth-order valence-electron chi connectivity index (χ4n) is 3.46. The molecule has 1 aliphatic heterocycles. The molecule has 0 N–H and O–H groups in total. The van der Waals surface area contributed by atoms with Gasteiger partial charge in [-0.2, -0.15) is 0 Å². The van der Waals surface area contributed by atoms with Crippen molar-refractivity contribution in [2.24, 2.45) is 0 Å². The van der Waals surface area contributed by atoms with Crippen LogP contribution in [-0.2, 0) is 0 Å². The molecule has 0 spiro atoms. The molecule has 4 aromatic carbocycles.